The van der Waals surface area contributed by atoms with Crippen LogP contribution < -0.4 is 4.90 Å². The number of thioether (sulfide) groups is 1. The molecule has 0 bridgehead atoms. The summed E-state index contributed by atoms with van der Waals surface area (Å²) in [5.74, 6) is 5.40. The van der Waals surface area contributed by atoms with Crippen molar-refractivity contribution in [2.75, 3.05) is 29.5 Å². The molecule has 3 rings (SSSR count). The molecule has 1 aliphatic heterocycles. The van der Waals surface area contributed by atoms with E-state index >= 15 is 0 Å². The van der Waals surface area contributed by atoms with Crippen molar-refractivity contribution in [2.45, 2.75) is 20.3 Å². The average molecular weight is 264 g/mol. The predicted octanol–water partition coefficient (Wildman–Crippen LogP) is 0.943. The smallest absolute Gasteiger partial charge is 0.257 e. The lowest BCUT2D eigenvalue weighted by atomic mass is 10.4. The largest absolute Gasteiger partial charge is 0.339 e. The Morgan fingerprint density at radius 1 is 1.17 bits per heavy atom. The van der Waals surface area contributed by atoms with Crippen molar-refractivity contribution in [3.05, 3.63) is 11.6 Å². The third-order valence-electron chi connectivity index (χ3n) is 2.95. The summed E-state index contributed by atoms with van der Waals surface area (Å²) in [4.78, 5) is 15.7. The van der Waals surface area contributed by atoms with Crippen LogP contribution >= 0.6 is 11.8 Å². The van der Waals surface area contributed by atoms with Crippen molar-refractivity contribution in [1.29, 1.82) is 0 Å². The van der Waals surface area contributed by atoms with Gasteiger partial charge in [0.05, 0.1) is 0 Å². The first-order valence-corrected chi connectivity index (χ1v) is 7.36. The van der Waals surface area contributed by atoms with Crippen molar-refractivity contribution < 1.29 is 0 Å². The summed E-state index contributed by atoms with van der Waals surface area (Å²) < 4.78 is 1.77. The van der Waals surface area contributed by atoms with E-state index in [1.54, 1.807) is 4.52 Å². The standard InChI is InChI=1S/C11H16N6S/c1-3-9-13-10-12-8(2)15-17(10)11(14-9)16-4-6-18-7-5-16/h3-7H2,1-2H3. The lowest BCUT2D eigenvalue weighted by Gasteiger charge is -2.27. The third-order valence-corrected chi connectivity index (χ3v) is 3.90. The monoisotopic (exact) mass is 264 g/mol. The fourth-order valence-electron chi connectivity index (χ4n) is 2.04. The first-order valence-electron chi connectivity index (χ1n) is 6.21. The molecule has 2 aromatic heterocycles. The molecule has 6 nitrogen and oxygen atoms in total. The molecule has 7 heteroatoms. The Hall–Kier alpha value is -1.37. The summed E-state index contributed by atoms with van der Waals surface area (Å²) in [6.45, 7) is 5.97. The maximum atomic E-state index is 4.62. The van der Waals surface area contributed by atoms with Crippen LogP contribution in [-0.4, -0.2) is 49.2 Å². The van der Waals surface area contributed by atoms with Gasteiger partial charge in [0.25, 0.3) is 5.78 Å². The Kier molecular flexibility index (Phi) is 3.07. The van der Waals surface area contributed by atoms with Crippen LogP contribution in [0.3, 0.4) is 0 Å². The SMILES string of the molecule is CCc1nc(N2CCSCC2)n2nc(C)nc2n1. The topological polar surface area (TPSA) is 59.2 Å². The van der Waals surface area contributed by atoms with Crippen molar-refractivity contribution >= 4 is 23.5 Å². The van der Waals surface area contributed by atoms with Crippen molar-refractivity contribution in [3.63, 3.8) is 0 Å². The summed E-state index contributed by atoms with van der Waals surface area (Å²) in [7, 11) is 0. The summed E-state index contributed by atoms with van der Waals surface area (Å²) in [5, 5.41) is 4.40. The van der Waals surface area contributed by atoms with E-state index in [9.17, 15) is 0 Å². The maximum absolute atomic E-state index is 4.62. The van der Waals surface area contributed by atoms with Crippen molar-refractivity contribution in [3.8, 4) is 0 Å². The van der Waals surface area contributed by atoms with Gasteiger partial charge in [-0.1, -0.05) is 6.92 Å². The Morgan fingerprint density at radius 2 is 1.94 bits per heavy atom. The van der Waals surface area contributed by atoms with Gasteiger partial charge < -0.3 is 4.90 Å². The zero-order chi connectivity index (χ0) is 12.5. The van der Waals surface area contributed by atoms with Gasteiger partial charge in [-0.3, -0.25) is 0 Å². The van der Waals surface area contributed by atoms with E-state index in [0.29, 0.717) is 5.78 Å². The van der Waals surface area contributed by atoms with E-state index < -0.39 is 0 Å². The number of hydrogen-bond acceptors (Lipinski definition) is 6. The molecule has 0 aromatic carbocycles. The normalized spacial score (nSPS) is 16.4. The first kappa shape index (κ1) is 11.7. The second kappa shape index (κ2) is 4.72. The average Bonchev–Trinajstić information content (AvgIpc) is 2.78. The Morgan fingerprint density at radius 3 is 2.67 bits per heavy atom. The summed E-state index contributed by atoms with van der Waals surface area (Å²) >= 11 is 1.98. The van der Waals surface area contributed by atoms with Gasteiger partial charge in [-0.25, -0.2) is 0 Å². The molecule has 0 N–H and O–H groups in total. The number of nitrogens with zero attached hydrogens (tertiary/aromatic N) is 6. The molecule has 3 heterocycles. The van der Waals surface area contributed by atoms with E-state index in [0.717, 1.165) is 48.6 Å². The number of fused-ring (bicyclic) bond motifs is 1. The minimum absolute atomic E-state index is 0.660. The zero-order valence-corrected chi connectivity index (χ0v) is 11.4. The Bertz CT molecular complexity index is 560. The van der Waals surface area contributed by atoms with E-state index in [1.807, 2.05) is 18.7 Å². The van der Waals surface area contributed by atoms with E-state index in [2.05, 4.69) is 31.9 Å². The number of aryl methyl sites for hydroxylation is 2. The van der Waals surface area contributed by atoms with Crippen LogP contribution in [-0.2, 0) is 6.42 Å². The van der Waals surface area contributed by atoms with Gasteiger partial charge in [0.15, 0.2) is 0 Å². The van der Waals surface area contributed by atoms with E-state index in [4.69, 9.17) is 0 Å². The molecule has 0 saturated carbocycles. The summed E-state index contributed by atoms with van der Waals surface area (Å²) in [5.41, 5.74) is 0. The van der Waals surface area contributed by atoms with Gasteiger partial charge in [0.2, 0.25) is 5.95 Å². The highest BCUT2D eigenvalue weighted by molar-refractivity contribution is 7.99. The highest BCUT2D eigenvalue weighted by Gasteiger charge is 2.18. The molecular formula is C11H16N6S. The third kappa shape index (κ3) is 2.03. The molecule has 0 atom stereocenters. The van der Waals surface area contributed by atoms with Crippen LogP contribution in [0.25, 0.3) is 5.78 Å². The lowest BCUT2D eigenvalue weighted by Crippen LogP contribution is -2.35. The second-order valence-electron chi connectivity index (χ2n) is 4.26. The van der Waals surface area contributed by atoms with Gasteiger partial charge in [-0.15, -0.1) is 5.10 Å². The molecule has 18 heavy (non-hydrogen) atoms. The molecule has 0 amide bonds. The van der Waals surface area contributed by atoms with Crippen LogP contribution in [0.2, 0.25) is 0 Å². The van der Waals surface area contributed by atoms with Gasteiger partial charge >= 0.3 is 0 Å². The molecule has 1 saturated heterocycles. The van der Waals surface area contributed by atoms with Gasteiger partial charge in [-0.2, -0.15) is 31.2 Å². The fourth-order valence-corrected chi connectivity index (χ4v) is 2.94. The van der Waals surface area contributed by atoms with Gasteiger partial charge in [0.1, 0.15) is 11.6 Å². The van der Waals surface area contributed by atoms with Gasteiger partial charge in [0, 0.05) is 31.0 Å². The Balaban J connectivity index is 2.12. The zero-order valence-electron chi connectivity index (χ0n) is 10.6. The van der Waals surface area contributed by atoms with Crippen molar-refractivity contribution in [2.24, 2.45) is 0 Å². The summed E-state index contributed by atoms with van der Waals surface area (Å²) in [6, 6.07) is 0. The molecule has 0 aliphatic carbocycles. The molecule has 1 aliphatic rings. The highest BCUT2D eigenvalue weighted by atomic mass is 32.2. The predicted molar refractivity (Wildman–Crippen MR) is 72.2 cm³/mol. The Labute approximate surface area is 110 Å². The number of aromatic nitrogens is 5. The number of anilines is 1. The molecule has 0 radical (unpaired) electrons. The second-order valence-corrected chi connectivity index (χ2v) is 5.49. The highest BCUT2D eigenvalue weighted by Crippen LogP contribution is 2.18. The molecule has 96 valence electrons. The lowest BCUT2D eigenvalue weighted by molar-refractivity contribution is 0.743. The first-order chi connectivity index (χ1) is 8.78. The molecule has 0 spiro atoms. The maximum Gasteiger partial charge on any atom is 0.257 e. The quantitative estimate of drug-likeness (QED) is 0.804. The molecule has 2 aromatic rings. The van der Waals surface area contributed by atoms with Crippen LogP contribution in [0.1, 0.15) is 18.6 Å². The van der Waals surface area contributed by atoms with Crippen LogP contribution in [0, 0.1) is 6.92 Å². The van der Waals surface area contributed by atoms with Gasteiger partial charge in [-0.05, 0) is 6.92 Å². The van der Waals surface area contributed by atoms with E-state index in [1.165, 1.54) is 0 Å². The molecule has 0 unspecified atom stereocenters. The minimum Gasteiger partial charge on any atom is -0.339 e. The number of rotatable bonds is 2. The summed E-state index contributed by atoms with van der Waals surface area (Å²) in [6.07, 6.45) is 0.817. The minimum atomic E-state index is 0.660. The van der Waals surface area contributed by atoms with Crippen LogP contribution in [0.5, 0.6) is 0 Å². The number of hydrogen-bond donors (Lipinski definition) is 0. The van der Waals surface area contributed by atoms with Crippen LogP contribution in [0.4, 0.5) is 5.95 Å². The van der Waals surface area contributed by atoms with E-state index in [-0.39, 0.29) is 0 Å². The van der Waals surface area contributed by atoms with Crippen LogP contribution in [0.15, 0.2) is 0 Å². The molecule has 1 fully saturated rings. The van der Waals surface area contributed by atoms with Crippen molar-refractivity contribution in [1.82, 2.24) is 24.6 Å². The molecular weight excluding hydrogens is 248 g/mol. The fraction of sp³-hybridized carbons (Fsp3) is 0.636.